The molecule has 0 aliphatic heterocycles. The molecule has 0 fully saturated rings. The fourth-order valence-corrected chi connectivity index (χ4v) is 5.37. The van der Waals surface area contributed by atoms with Gasteiger partial charge in [-0.3, -0.25) is 4.57 Å². The highest BCUT2D eigenvalue weighted by Crippen LogP contribution is 2.65. The van der Waals surface area contributed by atoms with Crippen LogP contribution in [-0.2, 0) is 19.0 Å². The minimum absolute atomic E-state index is 0.0875. The Balaban J connectivity index is 2.76. The third-order valence-corrected chi connectivity index (χ3v) is 8.20. The zero-order valence-electron chi connectivity index (χ0n) is 11.1. The van der Waals surface area contributed by atoms with E-state index in [2.05, 4.69) is 13.8 Å². The summed E-state index contributed by atoms with van der Waals surface area (Å²) in [7, 11) is 0.0691. The zero-order chi connectivity index (χ0) is 13.8. The van der Waals surface area contributed by atoms with Gasteiger partial charge >= 0.3 is 7.28 Å². The number of rotatable bonds is 6. The van der Waals surface area contributed by atoms with Gasteiger partial charge in [0.15, 0.2) is 0 Å². The van der Waals surface area contributed by atoms with Crippen molar-refractivity contribution in [2.45, 2.75) is 19.3 Å². The van der Waals surface area contributed by atoms with Crippen molar-refractivity contribution in [1.29, 1.82) is 0 Å². The molecule has 0 spiro atoms. The molecule has 0 bridgehead atoms. The molecule has 0 saturated heterocycles. The van der Waals surface area contributed by atoms with E-state index in [0.29, 0.717) is 0 Å². The van der Waals surface area contributed by atoms with Crippen molar-refractivity contribution >= 4 is 27.2 Å². The Morgan fingerprint density at radius 1 is 1.22 bits per heavy atom. The molecule has 0 radical (unpaired) electrons. The van der Waals surface area contributed by atoms with E-state index >= 15 is 0 Å². The number of hydrogen-bond donors (Lipinski definition) is 0. The van der Waals surface area contributed by atoms with E-state index in [0.717, 1.165) is 16.7 Å². The maximum atomic E-state index is 12.0. The predicted molar refractivity (Wildman–Crippen MR) is 79.3 cm³/mol. The van der Waals surface area contributed by atoms with Gasteiger partial charge < -0.3 is 9.05 Å². The minimum atomic E-state index is -2.91. The van der Waals surface area contributed by atoms with Crippen LogP contribution in [0.1, 0.15) is 19.4 Å². The fraction of sp³-hybridized carbons (Fsp3) is 0.500. The van der Waals surface area contributed by atoms with E-state index < -0.39 is 7.28 Å². The van der Waals surface area contributed by atoms with Crippen molar-refractivity contribution in [1.82, 2.24) is 0 Å². The molecular formula is C12H19ClO3P2. The third-order valence-electron chi connectivity index (χ3n) is 2.82. The van der Waals surface area contributed by atoms with Crippen LogP contribution in [0.3, 0.4) is 0 Å². The van der Waals surface area contributed by atoms with Crippen molar-refractivity contribution in [2.24, 2.45) is 0 Å². The summed E-state index contributed by atoms with van der Waals surface area (Å²) in [6, 6.07) is 7.73. The minimum Gasteiger partial charge on any atom is -0.309 e. The summed E-state index contributed by atoms with van der Waals surface area (Å²) < 4.78 is 22.0. The summed E-state index contributed by atoms with van der Waals surface area (Å²) in [6.45, 7) is 4.22. The van der Waals surface area contributed by atoms with Gasteiger partial charge in [-0.15, -0.1) is 0 Å². The molecule has 102 valence electrons. The van der Waals surface area contributed by atoms with Crippen LogP contribution in [-0.4, -0.2) is 20.4 Å². The lowest BCUT2D eigenvalue weighted by atomic mass is 9.87. The summed E-state index contributed by atoms with van der Waals surface area (Å²) in [5, 5.41) is 0.719. The van der Waals surface area contributed by atoms with Crippen LogP contribution in [0.15, 0.2) is 24.3 Å². The van der Waals surface area contributed by atoms with Crippen LogP contribution < -0.4 is 0 Å². The third kappa shape index (κ3) is 4.33. The average Bonchev–Trinajstić information content (AvgIpc) is 2.37. The largest absolute Gasteiger partial charge is 0.345 e. The summed E-state index contributed by atoms with van der Waals surface area (Å²) in [5.41, 5.74) is 1.08. The molecule has 1 aromatic carbocycles. The molecule has 0 aliphatic rings. The Hall–Kier alpha value is 0.0900. The Morgan fingerprint density at radius 3 is 2.17 bits per heavy atom. The number of halogens is 1. The first kappa shape index (κ1) is 16.1. The molecule has 1 aromatic rings. The molecule has 1 atom stereocenters. The van der Waals surface area contributed by atoms with Gasteiger partial charge in [-0.25, -0.2) is 0 Å². The van der Waals surface area contributed by atoms with Crippen molar-refractivity contribution < 1.29 is 13.6 Å². The van der Waals surface area contributed by atoms with Crippen molar-refractivity contribution in [3.8, 4) is 0 Å². The number of hydrogen-bond acceptors (Lipinski definition) is 3. The van der Waals surface area contributed by atoms with E-state index in [9.17, 15) is 4.57 Å². The van der Waals surface area contributed by atoms with Gasteiger partial charge in [-0.1, -0.05) is 37.6 Å². The number of benzene rings is 1. The van der Waals surface area contributed by atoms with E-state index in [4.69, 9.17) is 20.6 Å². The lowest BCUT2D eigenvalue weighted by molar-refractivity contribution is 0.294. The fourth-order valence-electron chi connectivity index (χ4n) is 1.50. The molecule has 6 heteroatoms. The molecule has 3 nitrogen and oxygen atoms in total. The highest BCUT2D eigenvalue weighted by molar-refractivity contribution is 8.20. The van der Waals surface area contributed by atoms with Gasteiger partial charge in [-0.05, 0) is 29.3 Å². The van der Waals surface area contributed by atoms with Gasteiger partial charge in [0.05, 0.1) is 0 Å². The molecule has 1 unspecified atom stereocenters. The second-order valence-corrected chi connectivity index (χ2v) is 10.0. The predicted octanol–water partition coefficient (Wildman–Crippen LogP) is 4.70. The lowest BCUT2D eigenvalue weighted by Crippen LogP contribution is -2.19. The van der Waals surface area contributed by atoms with Gasteiger partial charge in [0.1, 0.15) is 0 Å². The molecule has 0 heterocycles. The van der Waals surface area contributed by atoms with Crippen LogP contribution in [0, 0.1) is 0 Å². The second kappa shape index (κ2) is 6.50. The average molecular weight is 309 g/mol. The summed E-state index contributed by atoms with van der Waals surface area (Å²) in [6.07, 6.45) is 0.744. The SMILES string of the molecule is COP(=O)(OC)PCC(C)(C)c1ccc(Cl)cc1. The lowest BCUT2D eigenvalue weighted by Gasteiger charge is -2.26. The van der Waals surface area contributed by atoms with Gasteiger partial charge in [0.2, 0.25) is 0 Å². The van der Waals surface area contributed by atoms with Gasteiger partial charge in [0, 0.05) is 27.5 Å². The smallest absolute Gasteiger partial charge is 0.309 e. The van der Waals surface area contributed by atoms with Crippen molar-refractivity contribution in [3.63, 3.8) is 0 Å². The Labute approximate surface area is 115 Å². The monoisotopic (exact) mass is 308 g/mol. The highest BCUT2D eigenvalue weighted by Gasteiger charge is 2.28. The second-order valence-electron chi connectivity index (χ2n) is 4.59. The maximum absolute atomic E-state index is 12.0. The Bertz CT molecular complexity index is 423. The van der Waals surface area contributed by atoms with Crippen LogP contribution in [0.5, 0.6) is 0 Å². The van der Waals surface area contributed by atoms with Crippen LogP contribution in [0.2, 0.25) is 5.02 Å². The quantitative estimate of drug-likeness (QED) is 0.715. The first-order chi connectivity index (χ1) is 8.33. The Morgan fingerprint density at radius 2 is 1.72 bits per heavy atom. The standard InChI is InChI=1S/C12H19ClO3P2/c1-12(2,9-17-18(14,15-3)16-4)10-5-7-11(13)8-6-10/h5-8,17H,9H2,1-4H3. The molecule has 0 aliphatic carbocycles. The van der Waals surface area contributed by atoms with Crippen molar-refractivity contribution in [2.75, 3.05) is 20.4 Å². The maximum Gasteiger partial charge on any atom is 0.345 e. The normalized spacial score (nSPS) is 13.4. The van der Waals surface area contributed by atoms with Crippen LogP contribution >= 0.6 is 27.2 Å². The van der Waals surface area contributed by atoms with E-state index in [1.165, 1.54) is 14.2 Å². The zero-order valence-corrected chi connectivity index (χ0v) is 13.7. The van der Waals surface area contributed by atoms with Crippen LogP contribution in [0.25, 0.3) is 0 Å². The molecule has 0 amide bonds. The summed E-state index contributed by atoms with van der Waals surface area (Å²) >= 11 is 5.87. The van der Waals surface area contributed by atoms with E-state index in [-0.39, 0.29) is 13.7 Å². The molecule has 1 rings (SSSR count). The van der Waals surface area contributed by atoms with E-state index in [1.54, 1.807) is 0 Å². The summed E-state index contributed by atoms with van der Waals surface area (Å²) in [5.74, 6) is 0. The molecule has 0 aromatic heterocycles. The highest BCUT2D eigenvalue weighted by atomic mass is 35.5. The van der Waals surface area contributed by atoms with Crippen LogP contribution in [0.4, 0.5) is 0 Å². The Kier molecular flexibility index (Phi) is 5.83. The summed E-state index contributed by atoms with van der Waals surface area (Å²) in [4.78, 5) is 0. The topological polar surface area (TPSA) is 35.5 Å². The molecule has 0 saturated carbocycles. The molecule has 0 N–H and O–H groups in total. The molecular weight excluding hydrogens is 290 g/mol. The van der Waals surface area contributed by atoms with Gasteiger partial charge in [0.25, 0.3) is 0 Å². The van der Waals surface area contributed by atoms with E-state index in [1.807, 2.05) is 24.3 Å². The first-order valence-electron chi connectivity index (χ1n) is 5.56. The molecule has 18 heavy (non-hydrogen) atoms. The van der Waals surface area contributed by atoms with Gasteiger partial charge in [-0.2, -0.15) is 0 Å². The first-order valence-corrected chi connectivity index (χ1v) is 9.52. The van der Waals surface area contributed by atoms with Crippen molar-refractivity contribution in [3.05, 3.63) is 34.9 Å².